The van der Waals surface area contributed by atoms with Gasteiger partial charge in [0.05, 0.1) is 0 Å². The molecule has 0 saturated carbocycles. The fraction of sp³-hybridized carbons (Fsp3) is 0.500. The van der Waals surface area contributed by atoms with E-state index in [-0.39, 0.29) is 6.42 Å². The number of hydrogen-bond donors (Lipinski definition) is 2. The first-order valence-electron chi connectivity index (χ1n) is 7.66. The molecule has 0 amide bonds. The molecular weight excluding hydrogens is 350 g/mol. The molecule has 2 N–H and O–H groups in total. The second-order valence-corrected chi connectivity index (χ2v) is 7.78. The monoisotopic (exact) mass is 373 g/mol. The molecule has 25 heavy (non-hydrogen) atoms. The van der Waals surface area contributed by atoms with E-state index < -0.39 is 33.7 Å². The highest BCUT2D eigenvalue weighted by Gasteiger charge is 2.29. The van der Waals surface area contributed by atoms with Crippen LogP contribution in [0.3, 0.4) is 0 Å². The number of aliphatic carboxylic acids is 1. The first kappa shape index (κ1) is 20.9. The van der Waals surface area contributed by atoms with E-state index in [2.05, 4.69) is 9.50 Å². The Morgan fingerprint density at radius 2 is 1.76 bits per heavy atom. The number of carbonyl (C=O) groups excluding carboxylic acids is 1. The second-order valence-electron chi connectivity index (χ2n) is 6.30. The van der Waals surface area contributed by atoms with Gasteiger partial charge in [0.15, 0.2) is 0 Å². The van der Waals surface area contributed by atoms with E-state index in [0.717, 1.165) is 5.56 Å². The summed E-state index contributed by atoms with van der Waals surface area (Å²) in [6.45, 7) is 4.24. The van der Waals surface area contributed by atoms with Crippen LogP contribution in [0.1, 0.15) is 39.2 Å². The number of anilines is 1. The molecule has 0 unspecified atom stereocenters. The van der Waals surface area contributed by atoms with Gasteiger partial charge in [-0.05, 0) is 51.3 Å². The molecule has 0 aliphatic rings. The van der Waals surface area contributed by atoms with Crippen molar-refractivity contribution in [2.24, 2.45) is 0 Å². The smallest absolute Gasteiger partial charge is 0.452 e. The number of ether oxygens (including phenoxy) is 1. The van der Waals surface area contributed by atoms with Crippen LogP contribution < -0.4 is 5.32 Å². The number of hydrogen-bond acceptors (Lipinski definition) is 7. The van der Waals surface area contributed by atoms with E-state index in [1.54, 1.807) is 45.0 Å². The Morgan fingerprint density at radius 3 is 2.28 bits per heavy atom. The average Bonchev–Trinajstić information content (AvgIpc) is 2.46. The van der Waals surface area contributed by atoms with E-state index in [1.165, 1.54) is 0 Å². The normalized spacial score (nSPS) is 11.8. The van der Waals surface area contributed by atoms with Crippen LogP contribution in [0, 0.1) is 0 Å². The highest BCUT2D eigenvalue weighted by atomic mass is 32.2. The summed E-state index contributed by atoms with van der Waals surface area (Å²) in [7, 11) is -4.47. The van der Waals surface area contributed by atoms with E-state index in [0.29, 0.717) is 18.5 Å². The Bertz CT molecular complexity index is 690. The summed E-state index contributed by atoms with van der Waals surface area (Å²) in [5, 5.41) is 9.88. The minimum absolute atomic E-state index is 0.108. The molecule has 140 valence electrons. The van der Waals surface area contributed by atoms with E-state index in [9.17, 15) is 18.0 Å². The predicted octanol–water partition coefficient (Wildman–Crippen LogP) is 2.74. The topological polar surface area (TPSA) is 119 Å². The number of nitrogens with one attached hydrogen (secondary N) is 1. The van der Waals surface area contributed by atoms with Crippen LogP contribution >= 0.6 is 0 Å². The number of benzene rings is 1. The van der Waals surface area contributed by atoms with Gasteiger partial charge in [0.2, 0.25) is 0 Å². The fourth-order valence-corrected chi connectivity index (χ4v) is 2.43. The Labute approximate surface area is 147 Å². The summed E-state index contributed by atoms with van der Waals surface area (Å²) in [4.78, 5) is 22.0. The molecule has 0 heterocycles. The molecular formula is C16H23NO7S. The second kappa shape index (κ2) is 8.82. The van der Waals surface area contributed by atoms with Crippen LogP contribution in [0.25, 0.3) is 0 Å². The zero-order valence-corrected chi connectivity index (χ0v) is 15.3. The average molecular weight is 373 g/mol. The minimum atomic E-state index is -4.47. The molecule has 0 saturated heterocycles. The first-order valence-corrected chi connectivity index (χ1v) is 9.07. The number of carboxylic acid groups (broad SMARTS) is 1. The van der Waals surface area contributed by atoms with E-state index >= 15 is 0 Å². The third-order valence-corrected chi connectivity index (χ3v) is 3.81. The molecule has 1 aromatic rings. The lowest BCUT2D eigenvalue weighted by atomic mass is 10.1. The maximum absolute atomic E-state index is 11.6. The molecule has 0 radical (unpaired) electrons. The van der Waals surface area contributed by atoms with Crippen LogP contribution in [0.2, 0.25) is 0 Å². The lowest BCUT2D eigenvalue weighted by Gasteiger charge is -2.18. The maximum atomic E-state index is 11.6. The van der Waals surface area contributed by atoms with E-state index in [4.69, 9.17) is 9.84 Å². The van der Waals surface area contributed by atoms with Crippen LogP contribution in [-0.4, -0.2) is 37.1 Å². The molecule has 0 aromatic heterocycles. The highest BCUT2D eigenvalue weighted by molar-refractivity contribution is 8.01. The summed E-state index contributed by atoms with van der Waals surface area (Å²) in [5.41, 5.74) is 0.632. The Morgan fingerprint density at radius 1 is 1.16 bits per heavy atom. The molecule has 1 aromatic carbocycles. The van der Waals surface area contributed by atoms with Crippen molar-refractivity contribution in [3.8, 4) is 0 Å². The van der Waals surface area contributed by atoms with Crippen molar-refractivity contribution < 1.29 is 32.0 Å². The Kier molecular flexibility index (Phi) is 7.38. The first-order chi connectivity index (χ1) is 11.5. The minimum Gasteiger partial charge on any atom is -0.481 e. The van der Waals surface area contributed by atoms with Crippen LogP contribution in [-0.2, 0) is 30.3 Å². The number of carbonyl (C=O) groups is 2. The van der Waals surface area contributed by atoms with Crippen molar-refractivity contribution in [3.63, 3.8) is 0 Å². The largest absolute Gasteiger partial charge is 0.481 e. The van der Waals surface area contributed by atoms with Gasteiger partial charge in [-0.25, -0.2) is 8.98 Å². The lowest BCUT2D eigenvalue weighted by Crippen LogP contribution is -2.30. The van der Waals surface area contributed by atoms with Crippen molar-refractivity contribution in [2.45, 2.75) is 45.6 Å². The number of rotatable bonds is 8. The van der Waals surface area contributed by atoms with Gasteiger partial charge in [-0.2, -0.15) is 8.42 Å². The van der Waals surface area contributed by atoms with Gasteiger partial charge in [0.1, 0.15) is 12.3 Å². The molecule has 9 heteroatoms. The van der Waals surface area contributed by atoms with Crippen molar-refractivity contribution >= 4 is 27.1 Å². The van der Waals surface area contributed by atoms with Gasteiger partial charge < -0.3 is 15.2 Å². The zero-order chi connectivity index (χ0) is 19.1. The SMILES string of the molecule is CC(C)(C)OC(=O)S(=O)(=O)OCNc1ccc(CCCC(=O)O)cc1. The molecule has 0 spiro atoms. The van der Waals surface area contributed by atoms with Crippen LogP contribution in [0.5, 0.6) is 0 Å². The van der Waals surface area contributed by atoms with Crippen molar-refractivity contribution in [3.05, 3.63) is 29.8 Å². The molecule has 0 aliphatic heterocycles. The predicted molar refractivity (Wildman–Crippen MR) is 91.7 cm³/mol. The highest BCUT2D eigenvalue weighted by Crippen LogP contribution is 2.14. The van der Waals surface area contributed by atoms with Crippen LogP contribution in [0.15, 0.2) is 24.3 Å². The van der Waals surface area contributed by atoms with Crippen LogP contribution in [0.4, 0.5) is 10.5 Å². The quantitative estimate of drug-likeness (QED) is 0.405. The lowest BCUT2D eigenvalue weighted by molar-refractivity contribution is -0.137. The van der Waals surface area contributed by atoms with Gasteiger partial charge in [0.25, 0.3) is 0 Å². The summed E-state index contributed by atoms with van der Waals surface area (Å²) in [6.07, 6.45) is 1.28. The summed E-state index contributed by atoms with van der Waals surface area (Å²) >= 11 is 0. The number of carboxylic acids is 1. The molecule has 0 atom stereocenters. The van der Waals surface area contributed by atoms with Gasteiger partial charge in [-0.1, -0.05) is 12.1 Å². The standard InChI is InChI=1S/C16H23NO7S/c1-16(2,3)24-15(20)25(21,22)23-11-17-13-9-7-12(8-10-13)5-4-6-14(18)19/h7-10,17H,4-6,11H2,1-3H3,(H,18,19). The zero-order valence-electron chi connectivity index (χ0n) is 14.4. The third-order valence-electron chi connectivity index (χ3n) is 2.89. The summed E-state index contributed by atoms with van der Waals surface area (Å²) in [6, 6.07) is 7.01. The molecule has 8 nitrogen and oxygen atoms in total. The molecule has 1 rings (SSSR count). The maximum Gasteiger partial charge on any atom is 0.452 e. The van der Waals surface area contributed by atoms with Gasteiger partial charge in [0, 0.05) is 12.1 Å². The van der Waals surface area contributed by atoms with Crippen molar-refractivity contribution in [1.29, 1.82) is 0 Å². The summed E-state index contributed by atoms with van der Waals surface area (Å²) in [5.74, 6) is -0.832. The Hall–Kier alpha value is -2.13. The molecule has 0 aliphatic carbocycles. The molecule has 0 bridgehead atoms. The Balaban J connectivity index is 2.45. The van der Waals surface area contributed by atoms with Crippen molar-refractivity contribution in [2.75, 3.05) is 12.0 Å². The number of aryl methyl sites for hydroxylation is 1. The summed E-state index contributed by atoms with van der Waals surface area (Å²) < 4.78 is 32.6. The van der Waals surface area contributed by atoms with Crippen molar-refractivity contribution in [1.82, 2.24) is 0 Å². The van der Waals surface area contributed by atoms with Gasteiger partial charge in [-0.15, -0.1) is 0 Å². The van der Waals surface area contributed by atoms with Gasteiger partial charge >= 0.3 is 21.4 Å². The fourth-order valence-electron chi connectivity index (χ4n) is 1.77. The third kappa shape index (κ3) is 8.50. The van der Waals surface area contributed by atoms with E-state index in [1.807, 2.05) is 0 Å². The molecule has 0 fully saturated rings. The van der Waals surface area contributed by atoms with Gasteiger partial charge in [-0.3, -0.25) is 4.79 Å².